The highest BCUT2D eigenvalue weighted by Gasteiger charge is 1.82. The molecule has 4 nitrogen and oxygen atoms in total. The van der Waals surface area contributed by atoms with Gasteiger partial charge in [0.05, 0.1) is 0 Å². The van der Waals surface area contributed by atoms with Crippen molar-refractivity contribution >= 4 is 49.6 Å². The highest BCUT2D eigenvalue weighted by Crippen LogP contribution is 1.96. The second kappa shape index (κ2) is 29.1. The van der Waals surface area contributed by atoms with E-state index in [4.69, 9.17) is 22.9 Å². The van der Waals surface area contributed by atoms with Crippen LogP contribution >= 0.6 is 49.6 Å². The lowest BCUT2D eigenvalue weighted by Crippen LogP contribution is -1.94. The van der Waals surface area contributed by atoms with Crippen molar-refractivity contribution in [1.82, 2.24) is 0 Å². The van der Waals surface area contributed by atoms with Gasteiger partial charge in [-0.3, -0.25) is 0 Å². The summed E-state index contributed by atoms with van der Waals surface area (Å²) in [4.78, 5) is 0. The molecule has 0 heterocycles. The van der Waals surface area contributed by atoms with Gasteiger partial charge in [-0.05, 0) is 22.3 Å². The Morgan fingerprint density at radius 2 is 0.417 bits per heavy atom. The van der Waals surface area contributed by atoms with Gasteiger partial charge in [-0.15, -0.1) is 49.6 Å². The molecule has 0 amide bonds. The Kier molecular flexibility index (Phi) is 33.2. The molecule has 0 spiro atoms. The van der Waals surface area contributed by atoms with E-state index in [0.717, 1.165) is 0 Å². The maximum atomic E-state index is 5.35. The molecule has 8 heteroatoms. The Morgan fingerprint density at radius 1 is 0.278 bits per heavy atom. The highest BCUT2D eigenvalue weighted by atomic mass is 35.5. The van der Waals surface area contributed by atoms with Crippen LogP contribution in [0.5, 0.6) is 0 Å². The van der Waals surface area contributed by atoms with Gasteiger partial charge in [0.25, 0.3) is 0 Å². The number of rotatable bonds is 4. The third-order valence-electron chi connectivity index (χ3n) is 4.31. The predicted octanol–water partition coefficient (Wildman–Crippen LogP) is 6.27. The van der Waals surface area contributed by atoms with Gasteiger partial charge in [0.15, 0.2) is 0 Å². The van der Waals surface area contributed by atoms with E-state index in [1.807, 2.05) is 121 Å². The molecule has 0 unspecified atom stereocenters. The van der Waals surface area contributed by atoms with E-state index in [1.54, 1.807) is 0 Å². The Labute approximate surface area is 241 Å². The van der Waals surface area contributed by atoms with Gasteiger partial charge >= 0.3 is 0 Å². The molecular weight excluding hydrogens is 534 g/mol. The molecular formula is C28H40Cl4N4. The number of hydrogen-bond donors (Lipinski definition) is 4. The van der Waals surface area contributed by atoms with Crippen LogP contribution < -0.4 is 22.9 Å². The quantitative estimate of drug-likeness (QED) is 0.231. The Balaban J connectivity index is -0.000000183. The van der Waals surface area contributed by atoms with E-state index in [2.05, 4.69) is 0 Å². The van der Waals surface area contributed by atoms with Crippen molar-refractivity contribution in [3.8, 4) is 0 Å². The predicted molar refractivity (Wildman–Crippen MR) is 166 cm³/mol. The fourth-order valence-electron chi connectivity index (χ4n) is 2.46. The summed E-state index contributed by atoms with van der Waals surface area (Å²) in [6.45, 7) is 2.56. The number of benzene rings is 4. The molecule has 36 heavy (non-hydrogen) atoms. The molecule has 0 fully saturated rings. The lowest BCUT2D eigenvalue weighted by Gasteiger charge is -1.90. The molecule has 0 bridgehead atoms. The molecule has 4 aromatic carbocycles. The van der Waals surface area contributed by atoms with E-state index in [9.17, 15) is 0 Å². The van der Waals surface area contributed by atoms with Gasteiger partial charge in [-0.25, -0.2) is 0 Å². The normalized spacial score (nSPS) is 8.11. The van der Waals surface area contributed by atoms with Gasteiger partial charge in [0.2, 0.25) is 0 Å². The third kappa shape index (κ3) is 21.2. The monoisotopic (exact) mass is 572 g/mol. The second-order valence-electron chi connectivity index (χ2n) is 6.76. The first-order chi connectivity index (χ1) is 15.7. The van der Waals surface area contributed by atoms with E-state index in [0.29, 0.717) is 26.2 Å². The lowest BCUT2D eigenvalue weighted by molar-refractivity contribution is 1.07. The summed E-state index contributed by atoms with van der Waals surface area (Å²) in [5, 5.41) is 0. The molecule has 0 atom stereocenters. The minimum absolute atomic E-state index is 0. The van der Waals surface area contributed by atoms with Crippen molar-refractivity contribution in [2.45, 2.75) is 26.2 Å². The first kappa shape index (κ1) is 41.0. The largest absolute Gasteiger partial charge is 0.326 e. The number of nitrogens with two attached hydrogens (primary N) is 4. The molecule has 4 rings (SSSR count). The summed E-state index contributed by atoms with van der Waals surface area (Å²) in [6.07, 6.45) is 0. The zero-order chi connectivity index (χ0) is 23.3. The van der Waals surface area contributed by atoms with Crippen LogP contribution in [0.15, 0.2) is 121 Å². The Bertz CT molecular complexity index is 759. The van der Waals surface area contributed by atoms with Crippen LogP contribution in [0, 0.1) is 0 Å². The summed E-state index contributed by atoms with van der Waals surface area (Å²) >= 11 is 0. The Morgan fingerprint density at radius 3 is 0.500 bits per heavy atom. The second-order valence-corrected chi connectivity index (χ2v) is 6.76. The molecule has 0 aliphatic rings. The lowest BCUT2D eigenvalue weighted by atomic mass is 10.2. The molecule has 0 radical (unpaired) electrons. The maximum absolute atomic E-state index is 5.35. The average Bonchev–Trinajstić information content (AvgIpc) is 2.91. The standard InChI is InChI=1S/4C7H9N.4ClH/c4*8-6-7-4-2-1-3-5-7;;;;/h4*1-5H,6,8H2;4*1H. The first-order valence-electron chi connectivity index (χ1n) is 10.7. The first-order valence-corrected chi connectivity index (χ1v) is 10.7. The topological polar surface area (TPSA) is 104 Å². The highest BCUT2D eigenvalue weighted by molar-refractivity contribution is 5.86. The molecule has 8 N–H and O–H groups in total. The van der Waals surface area contributed by atoms with Gasteiger partial charge in [-0.2, -0.15) is 0 Å². The minimum Gasteiger partial charge on any atom is -0.326 e. The SMILES string of the molecule is Cl.Cl.Cl.Cl.NCc1ccccc1.NCc1ccccc1.NCc1ccccc1.NCc1ccccc1. The third-order valence-corrected chi connectivity index (χ3v) is 4.31. The van der Waals surface area contributed by atoms with Gasteiger partial charge in [0.1, 0.15) is 0 Å². The van der Waals surface area contributed by atoms with Crippen LogP contribution in [0.4, 0.5) is 0 Å². The van der Waals surface area contributed by atoms with Crippen LogP contribution in [0.1, 0.15) is 22.3 Å². The smallest absolute Gasteiger partial charge is 0.0178 e. The van der Waals surface area contributed by atoms with Crippen LogP contribution in [0.25, 0.3) is 0 Å². The minimum atomic E-state index is 0. The summed E-state index contributed by atoms with van der Waals surface area (Å²) in [5.74, 6) is 0. The summed E-state index contributed by atoms with van der Waals surface area (Å²) < 4.78 is 0. The average molecular weight is 574 g/mol. The van der Waals surface area contributed by atoms with Crippen molar-refractivity contribution in [2.75, 3.05) is 0 Å². The summed E-state index contributed by atoms with van der Waals surface area (Å²) in [6, 6.07) is 40.0. The van der Waals surface area contributed by atoms with Crippen LogP contribution in [0.2, 0.25) is 0 Å². The maximum Gasteiger partial charge on any atom is 0.0178 e. The van der Waals surface area contributed by atoms with E-state index in [1.165, 1.54) is 22.3 Å². The number of halogens is 4. The Hall–Kier alpha value is -2.12. The zero-order valence-corrected chi connectivity index (χ0v) is 23.6. The molecule has 0 saturated heterocycles. The van der Waals surface area contributed by atoms with Crippen molar-refractivity contribution < 1.29 is 0 Å². The van der Waals surface area contributed by atoms with Gasteiger partial charge in [-0.1, -0.05) is 121 Å². The van der Waals surface area contributed by atoms with Crippen LogP contribution in [0.3, 0.4) is 0 Å². The molecule has 200 valence electrons. The van der Waals surface area contributed by atoms with Crippen molar-refractivity contribution in [3.05, 3.63) is 144 Å². The fourth-order valence-corrected chi connectivity index (χ4v) is 2.46. The molecule has 0 aromatic heterocycles. The van der Waals surface area contributed by atoms with Crippen molar-refractivity contribution in [3.63, 3.8) is 0 Å². The number of hydrogen-bond acceptors (Lipinski definition) is 4. The summed E-state index contributed by atoms with van der Waals surface area (Å²) in [5.41, 5.74) is 26.1. The zero-order valence-electron chi connectivity index (χ0n) is 20.3. The van der Waals surface area contributed by atoms with Crippen LogP contribution in [-0.2, 0) is 26.2 Å². The van der Waals surface area contributed by atoms with Crippen molar-refractivity contribution in [1.29, 1.82) is 0 Å². The van der Waals surface area contributed by atoms with Crippen molar-refractivity contribution in [2.24, 2.45) is 22.9 Å². The summed E-state index contributed by atoms with van der Waals surface area (Å²) in [7, 11) is 0. The molecule has 0 saturated carbocycles. The van der Waals surface area contributed by atoms with E-state index in [-0.39, 0.29) is 49.6 Å². The van der Waals surface area contributed by atoms with Crippen LogP contribution in [-0.4, -0.2) is 0 Å². The van der Waals surface area contributed by atoms with E-state index < -0.39 is 0 Å². The van der Waals surface area contributed by atoms with E-state index >= 15 is 0 Å². The molecule has 4 aromatic rings. The fraction of sp³-hybridized carbons (Fsp3) is 0.143. The van der Waals surface area contributed by atoms with Gasteiger partial charge in [0, 0.05) is 26.2 Å². The molecule has 0 aliphatic carbocycles. The van der Waals surface area contributed by atoms with Gasteiger partial charge < -0.3 is 22.9 Å². The molecule has 0 aliphatic heterocycles.